The van der Waals surface area contributed by atoms with Crippen molar-refractivity contribution < 1.29 is 9.59 Å². The van der Waals surface area contributed by atoms with Gasteiger partial charge >= 0.3 is 0 Å². The highest BCUT2D eigenvalue weighted by Crippen LogP contribution is 2.25. The molecule has 8 nitrogen and oxygen atoms in total. The Morgan fingerprint density at radius 1 is 1.19 bits per heavy atom. The third kappa shape index (κ3) is 5.71. The summed E-state index contributed by atoms with van der Waals surface area (Å²) in [6.45, 7) is 7.73. The molecule has 1 aromatic carbocycles. The largest absolute Gasteiger partial charge is 0.325 e. The summed E-state index contributed by atoms with van der Waals surface area (Å²) >= 11 is 2.74. The monoisotopic (exact) mass is 458 g/mol. The Hall–Kier alpha value is -2.72. The van der Waals surface area contributed by atoms with Crippen LogP contribution in [0.3, 0.4) is 0 Å². The number of para-hydroxylation sites is 1. The van der Waals surface area contributed by atoms with Gasteiger partial charge in [0.2, 0.25) is 11.8 Å². The van der Waals surface area contributed by atoms with Crippen molar-refractivity contribution in [3.05, 3.63) is 46.2 Å². The minimum atomic E-state index is -0.398. The smallest absolute Gasteiger partial charge is 0.239 e. The number of aryl methyl sites for hydroxylation is 3. The molecular formula is C21H26N6O2S2. The van der Waals surface area contributed by atoms with Gasteiger partial charge in [0.25, 0.3) is 0 Å². The summed E-state index contributed by atoms with van der Waals surface area (Å²) in [6.07, 6.45) is 0.932. The number of rotatable bonds is 8. The first-order valence-corrected chi connectivity index (χ1v) is 11.7. The third-order valence-electron chi connectivity index (χ3n) is 4.83. The Morgan fingerprint density at radius 2 is 1.94 bits per heavy atom. The van der Waals surface area contributed by atoms with Crippen molar-refractivity contribution in [1.82, 2.24) is 19.7 Å². The number of amides is 2. The van der Waals surface area contributed by atoms with Crippen LogP contribution in [0.1, 0.15) is 35.8 Å². The second-order valence-electron chi connectivity index (χ2n) is 7.10. The number of aromatic nitrogens is 4. The maximum Gasteiger partial charge on any atom is 0.239 e. The summed E-state index contributed by atoms with van der Waals surface area (Å²) in [5, 5.41) is 14.9. The molecule has 0 saturated carbocycles. The standard InChI is InChI=1S/C21H26N6O2S2/c1-6-15-9-7-8-10-16(15)23-18(28)11-17-25-26-21(27(17)5)31-14(4)19(29)24-20-22-12(2)13(3)30-20/h7-10,14H,6,11H2,1-5H3,(H,23,28)(H,22,24,29)/t14-/m0/s1. The van der Waals surface area contributed by atoms with Gasteiger partial charge in [-0.2, -0.15) is 0 Å². The van der Waals surface area contributed by atoms with Crippen molar-refractivity contribution >= 4 is 45.7 Å². The van der Waals surface area contributed by atoms with E-state index in [-0.39, 0.29) is 18.2 Å². The van der Waals surface area contributed by atoms with E-state index in [9.17, 15) is 9.59 Å². The summed E-state index contributed by atoms with van der Waals surface area (Å²) in [4.78, 5) is 30.4. The molecule has 2 aromatic heterocycles. The molecule has 164 valence electrons. The lowest BCUT2D eigenvalue weighted by molar-refractivity contribution is -0.116. The number of anilines is 2. The molecule has 0 spiro atoms. The van der Waals surface area contributed by atoms with Gasteiger partial charge in [-0.15, -0.1) is 21.5 Å². The molecule has 1 atom stereocenters. The number of hydrogen-bond acceptors (Lipinski definition) is 7. The highest BCUT2D eigenvalue weighted by Gasteiger charge is 2.21. The van der Waals surface area contributed by atoms with Crippen LogP contribution in [-0.4, -0.2) is 36.8 Å². The van der Waals surface area contributed by atoms with Crippen molar-refractivity contribution in [2.24, 2.45) is 7.05 Å². The van der Waals surface area contributed by atoms with Crippen LogP contribution >= 0.6 is 23.1 Å². The first kappa shape index (κ1) is 23.0. The lowest BCUT2D eigenvalue weighted by Crippen LogP contribution is -2.23. The Bertz CT molecular complexity index is 1070. The van der Waals surface area contributed by atoms with Crippen LogP contribution in [0.25, 0.3) is 0 Å². The van der Waals surface area contributed by atoms with Crippen molar-refractivity contribution in [1.29, 1.82) is 0 Å². The number of nitrogens with zero attached hydrogens (tertiary/aromatic N) is 4. The molecule has 3 aromatic rings. The molecule has 0 aliphatic carbocycles. The number of hydrogen-bond donors (Lipinski definition) is 2. The lowest BCUT2D eigenvalue weighted by atomic mass is 10.1. The van der Waals surface area contributed by atoms with Gasteiger partial charge in [-0.1, -0.05) is 36.9 Å². The fraction of sp³-hybridized carbons (Fsp3) is 0.381. The van der Waals surface area contributed by atoms with Gasteiger partial charge in [0.15, 0.2) is 10.3 Å². The molecule has 2 amide bonds. The average Bonchev–Trinajstić information content (AvgIpc) is 3.23. The van der Waals surface area contributed by atoms with Crippen LogP contribution < -0.4 is 10.6 Å². The summed E-state index contributed by atoms with van der Waals surface area (Å²) in [5.41, 5.74) is 2.80. The molecule has 0 aliphatic rings. The molecule has 3 rings (SSSR count). The van der Waals surface area contributed by atoms with E-state index in [0.717, 1.165) is 28.2 Å². The van der Waals surface area contributed by atoms with E-state index >= 15 is 0 Å². The molecular weight excluding hydrogens is 432 g/mol. The van der Waals surface area contributed by atoms with Gasteiger partial charge in [-0.25, -0.2) is 4.98 Å². The summed E-state index contributed by atoms with van der Waals surface area (Å²) in [5.74, 6) is 0.221. The Morgan fingerprint density at radius 3 is 2.61 bits per heavy atom. The molecule has 0 radical (unpaired) electrons. The number of nitrogens with one attached hydrogen (secondary N) is 2. The first-order chi connectivity index (χ1) is 14.8. The Balaban J connectivity index is 1.60. The average molecular weight is 459 g/mol. The number of thiazole rings is 1. The minimum absolute atomic E-state index is 0.0976. The van der Waals surface area contributed by atoms with E-state index in [4.69, 9.17) is 0 Å². The van der Waals surface area contributed by atoms with Crippen LogP contribution in [0.2, 0.25) is 0 Å². The van der Waals surface area contributed by atoms with Crippen LogP contribution in [0.5, 0.6) is 0 Å². The van der Waals surface area contributed by atoms with E-state index < -0.39 is 5.25 Å². The quantitative estimate of drug-likeness (QED) is 0.499. The van der Waals surface area contributed by atoms with Crippen molar-refractivity contribution in [2.45, 2.75) is 50.9 Å². The molecule has 0 aliphatic heterocycles. The lowest BCUT2D eigenvalue weighted by Gasteiger charge is -2.11. The zero-order chi connectivity index (χ0) is 22.5. The third-order valence-corrected chi connectivity index (χ3v) is 6.95. The zero-order valence-electron chi connectivity index (χ0n) is 18.2. The maximum absolute atomic E-state index is 12.5. The predicted molar refractivity (Wildman–Crippen MR) is 125 cm³/mol. The zero-order valence-corrected chi connectivity index (χ0v) is 19.9. The summed E-state index contributed by atoms with van der Waals surface area (Å²) in [6, 6.07) is 7.73. The van der Waals surface area contributed by atoms with Crippen LogP contribution in [0.15, 0.2) is 29.4 Å². The number of carbonyl (C=O) groups excluding carboxylic acids is 2. The van der Waals surface area contributed by atoms with Gasteiger partial charge < -0.3 is 15.2 Å². The number of carbonyl (C=O) groups is 2. The van der Waals surface area contributed by atoms with E-state index in [1.54, 1.807) is 18.5 Å². The van der Waals surface area contributed by atoms with Crippen molar-refractivity contribution in [2.75, 3.05) is 10.6 Å². The molecule has 31 heavy (non-hydrogen) atoms. The van der Waals surface area contributed by atoms with Gasteiger partial charge in [0.1, 0.15) is 5.82 Å². The molecule has 0 bridgehead atoms. The SMILES string of the molecule is CCc1ccccc1NC(=O)Cc1nnc(S[C@@H](C)C(=O)Nc2nc(C)c(C)s2)n1C. The fourth-order valence-corrected chi connectivity index (χ4v) is 4.49. The molecule has 0 unspecified atom stereocenters. The molecule has 0 saturated heterocycles. The van der Waals surface area contributed by atoms with E-state index in [0.29, 0.717) is 16.1 Å². The minimum Gasteiger partial charge on any atom is -0.325 e. The van der Waals surface area contributed by atoms with Gasteiger partial charge in [0.05, 0.1) is 17.4 Å². The predicted octanol–water partition coefficient (Wildman–Crippen LogP) is 3.75. The topological polar surface area (TPSA) is 102 Å². The molecule has 10 heteroatoms. The molecule has 0 fully saturated rings. The van der Waals surface area contributed by atoms with Crippen molar-refractivity contribution in [3.63, 3.8) is 0 Å². The van der Waals surface area contributed by atoms with Gasteiger partial charge in [-0.3, -0.25) is 9.59 Å². The summed E-state index contributed by atoms with van der Waals surface area (Å²) < 4.78 is 1.75. The number of thioether (sulfide) groups is 1. The van der Waals surface area contributed by atoms with Crippen LogP contribution in [0.4, 0.5) is 10.8 Å². The van der Waals surface area contributed by atoms with E-state index in [2.05, 4.69) is 25.8 Å². The van der Waals surface area contributed by atoms with Crippen LogP contribution in [-0.2, 0) is 29.5 Å². The van der Waals surface area contributed by atoms with Gasteiger partial charge in [-0.05, 0) is 38.8 Å². The normalized spacial score (nSPS) is 11.9. The second-order valence-corrected chi connectivity index (χ2v) is 9.61. The van der Waals surface area contributed by atoms with E-state index in [1.807, 2.05) is 45.0 Å². The van der Waals surface area contributed by atoms with E-state index in [1.165, 1.54) is 23.1 Å². The number of benzene rings is 1. The second kappa shape index (κ2) is 10.1. The Labute approximate surface area is 189 Å². The first-order valence-electron chi connectivity index (χ1n) is 9.96. The van der Waals surface area contributed by atoms with Crippen molar-refractivity contribution in [3.8, 4) is 0 Å². The molecule has 2 N–H and O–H groups in total. The summed E-state index contributed by atoms with van der Waals surface area (Å²) in [7, 11) is 1.79. The Kier molecular flexibility index (Phi) is 7.45. The van der Waals surface area contributed by atoms with Crippen LogP contribution in [0, 0.1) is 13.8 Å². The molecule has 2 heterocycles. The van der Waals surface area contributed by atoms with Gasteiger partial charge in [0, 0.05) is 17.6 Å². The maximum atomic E-state index is 12.5. The highest BCUT2D eigenvalue weighted by molar-refractivity contribution is 8.00. The fourth-order valence-electron chi connectivity index (χ4n) is 2.84. The highest BCUT2D eigenvalue weighted by atomic mass is 32.2.